The fraction of sp³-hybridized carbons (Fsp3) is 0.565. The van der Waals surface area contributed by atoms with Crippen molar-refractivity contribution < 1.29 is 28.9 Å². The molecule has 0 aromatic heterocycles. The number of aliphatic hydroxyl groups is 1. The van der Waals surface area contributed by atoms with E-state index in [0.717, 1.165) is 19.3 Å². The third-order valence-electron chi connectivity index (χ3n) is 6.05. The van der Waals surface area contributed by atoms with E-state index in [2.05, 4.69) is 6.08 Å². The molecule has 29 heavy (non-hydrogen) atoms. The number of hydrogen-bond acceptors (Lipinski definition) is 4. The summed E-state index contributed by atoms with van der Waals surface area (Å²) < 4.78 is 18.4. The number of hydrogen-bond donors (Lipinski definition) is 2. The number of halogens is 1. The van der Waals surface area contributed by atoms with Gasteiger partial charge in [-0.2, -0.15) is 0 Å². The summed E-state index contributed by atoms with van der Waals surface area (Å²) in [6.45, 7) is 0.376. The quantitative estimate of drug-likeness (QED) is 0.428. The number of fused-ring (bicyclic) bond motifs is 1. The third kappa shape index (κ3) is 5.89. The molecule has 0 amide bonds. The highest BCUT2D eigenvalue weighted by molar-refractivity contribution is 5.82. The summed E-state index contributed by atoms with van der Waals surface area (Å²) in [6.07, 6.45) is 6.60. The lowest BCUT2D eigenvalue weighted by Crippen LogP contribution is -2.28. The van der Waals surface area contributed by atoms with Gasteiger partial charge in [0.1, 0.15) is 17.3 Å². The fourth-order valence-corrected chi connectivity index (χ4v) is 4.70. The van der Waals surface area contributed by atoms with Gasteiger partial charge >= 0.3 is 5.97 Å². The maximum absolute atomic E-state index is 12.9. The minimum absolute atomic E-state index is 0.0910. The molecule has 1 aromatic carbocycles. The second kappa shape index (κ2) is 10.0. The monoisotopic (exact) mass is 404 g/mol. The van der Waals surface area contributed by atoms with Crippen LogP contribution in [0.2, 0.25) is 0 Å². The van der Waals surface area contributed by atoms with Gasteiger partial charge in [-0.25, -0.2) is 4.39 Å². The molecule has 0 bridgehead atoms. The Morgan fingerprint density at radius 1 is 1.10 bits per heavy atom. The normalized spacial score (nSPS) is 25.5. The van der Waals surface area contributed by atoms with Gasteiger partial charge in [0.25, 0.3) is 0 Å². The van der Waals surface area contributed by atoms with Crippen LogP contribution in [-0.4, -0.2) is 34.7 Å². The highest BCUT2D eigenvalue weighted by atomic mass is 19.1. The molecule has 2 aliphatic carbocycles. The van der Waals surface area contributed by atoms with Crippen LogP contribution in [-0.2, 0) is 9.59 Å². The molecule has 1 saturated carbocycles. The maximum Gasteiger partial charge on any atom is 0.303 e. The number of allylic oxidation sites excluding steroid dienone is 2. The molecule has 158 valence electrons. The molecule has 3 rings (SSSR count). The predicted octanol–water partition coefficient (Wildman–Crippen LogP) is 4.14. The summed E-state index contributed by atoms with van der Waals surface area (Å²) in [6, 6.07) is 5.79. The number of carboxylic acid groups (broad SMARTS) is 1. The summed E-state index contributed by atoms with van der Waals surface area (Å²) in [5.74, 6) is -0.309. The topological polar surface area (TPSA) is 83.8 Å². The van der Waals surface area contributed by atoms with Crippen molar-refractivity contribution >= 4 is 11.8 Å². The van der Waals surface area contributed by atoms with Gasteiger partial charge in [0.15, 0.2) is 0 Å². The van der Waals surface area contributed by atoms with Gasteiger partial charge in [0.2, 0.25) is 0 Å². The molecule has 4 atom stereocenters. The van der Waals surface area contributed by atoms with Crippen molar-refractivity contribution in [3.63, 3.8) is 0 Å². The van der Waals surface area contributed by atoms with Gasteiger partial charge in [0, 0.05) is 18.8 Å². The van der Waals surface area contributed by atoms with Crippen LogP contribution < -0.4 is 4.74 Å². The number of ketones is 1. The average Bonchev–Trinajstić information content (AvgIpc) is 3.19. The molecule has 0 spiro atoms. The third-order valence-corrected chi connectivity index (χ3v) is 6.05. The Morgan fingerprint density at radius 2 is 1.86 bits per heavy atom. The standard InChI is InChI=1S/C23H29FO5/c24-17-7-9-18(10-8-17)29-11-3-5-20(25)23-19-13-15(4-1-2-6-22(27)28)12-16(19)14-21(23)26/h7-10,12,16,19,21,23,26H,1-6,11,13-14H2,(H,27,28)/t16-,19-,21+,23-/m1/s1. The van der Waals surface area contributed by atoms with Gasteiger partial charge in [-0.15, -0.1) is 0 Å². The summed E-state index contributed by atoms with van der Waals surface area (Å²) in [5.41, 5.74) is 1.30. The van der Waals surface area contributed by atoms with E-state index in [1.54, 1.807) is 12.1 Å². The minimum atomic E-state index is -0.764. The second-order valence-electron chi connectivity index (χ2n) is 8.16. The van der Waals surface area contributed by atoms with E-state index in [-0.39, 0.29) is 35.8 Å². The van der Waals surface area contributed by atoms with Crippen LogP contribution in [0.25, 0.3) is 0 Å². The van der Waals surface area contributed by atoms with Gasteiger partial charge in [-0.05, 0) is 74.6 Å². The van der Waals surface area contributed by atoms with E-state index in [4.69, 9.17) is 9.84 Å². The van der Waals surface area contributed by atoms with E-state index >= 15 is 0 Å². The molecule has 5 nitrogen and oxygen atoms in total. The Morgan fingerprint density at radius 3 is 2.59 bits per heavy atom. The van der Waals surface area contributed by atoms with Gasteiger partial charge in [0.05, 0.1) is 12.7 Å². The second-order valence-corrected chi connectivity index (χ2v) is 8.16. The molecular weight excluding hydrogens is 375 g/mol. The highest BCUT2D eigenvalue weighted by Gasteiger charge is 2.47. The number of benzene rings is 1. The molecule has 1 fully saturated rings. The van der Waals surface area contributed by atoms with Gasteiger partial charge < -0.3 is 14.9 Å². The van der Waals surface area contributed by atoms with Crippen molar-refractivity contribution in [2.45, 2.75) is 57.5 Å². The van der Waals surface area contributed by atoms with Crippen molar-refractivity contribution in [1.82, 2.24) is 0 Å². The lowest BCUT2D eigenvalue weighted by atomic mass is 9.84. The number of aliphatic hydroxyl groups excluding tert-OH is 1. The van der Waals surface area contributed by atoms with Crippen molar-refractivity contribution in [2.24, 2.45) is 17.8 Å². The molecular formula is C23H29FO5. The van der Waals surface area contributed by atoms with Gasteiger partial charge in [-0.3, -0.25) is 9.59 Å². The zero-order chi connectivity index (χ0) is 20.8. The van der Waals surface area contributed by atoms with Crippen molar-refractivity contribution in [3.8, 4) is 5.75 Å². The Balaban J connectivity index is 1.41. The molecule has 0 aliphatic heterocycles. The van der Waals surface area contributed by atoms with Crippen LogP contribution in [0.3, 0.4) is 0 Å². The van der Waals surface area contributed by atoms with Crippen LogP contribution in [0.1, 0.15) is 51.4 Å². The minimum Gasteiger partial charge on any atom is -0.494 e. The maximum atomic E-state index is 12.9. The highest BCUT2D eigenvalue weighted by Crippen LogP contribution is 2.48. The number of aliphatic carboxylic acids is 1. The molecule has 6 heteroatoms. The van der Waals surface area contributed by atoms with E-state index < -0.39 is 12.1 Å². The van der Waals surface area contributed by atoms with Crippen LogP contribution in [0.15, 0.2) is 35.9 Å². The molecule has 2 N–H and O–H groups in total. The number of Topliss-reactive ketones (excluding diaryl/α,β-unsaturated/α-hetero) is 1. The molecule has 0 heterocycles. The lowest BCUT2D eigenvalue weighted by Gasteiger charge is -2.20. The first-order valence-electron chi connectivity index (χ1n) is 10.4. The summed E-state index contributed by atoms with van der Waals surface area (Å²) >= 11 is 0. The first kappa shape index (κ1) is 21.5. The number of carbonyl (C=O) groups excluding carboxylic acids is 1. The van der Waals surface area contributed by atoms with Crippen molar-refractivity contribution in [2.75, 3.05) is 6.61 Å². The van der Waals surface area contributed by atoms with Crippen LogP contribution in [0.4, 0.5) is 4.39 Å². The van der Waals surface area contributed by atoms with Crippen LogP contribution in [0.5, 0.6) is 5.75 Å². The Kier molecular flexibility index (Phi) is 7.42. The molecule has 1 aromatic rings. The Hall–Kier alpha value is -2.21. The zero-order valence-corrected chi connectivity index (χ0v) is 16.6. The number of unbranched alkanes of at least 4 members (excludes halogenated alkanes) is 1. The number of carbonyl (C=O) groups is 2. The van der Waals surface area contributed by atoms with Crippen LogP contribution in [0, 0.1) is 23.6 Å². The van der Waals surface area contributed by atoms with E-state index in [0.29, 0.717) is 38.0 Å². The van der Waals surface area contributed by atoms with E-state index in [1.807, 2.05) is 0 Å². The molecule has 2 aliphatic rings. The number of carboxylic acids is 1. The summed E-state index contributed by atoms with van der Waals surface area (Å²) in [5, 5.41) is 19.1. The predicted molar refractivity (Wildman–Crippen MR) is 106 cm³/mol. The van der Waals surface area contributed by atoms with Crippen LogP contribution >= 0.6 is 0 Å². The first-order valence-corrected chi connectivity index (χ1v) is 10.4. The number of rotatable bonds is 11. The fourth-order valence-electron chi connectivity index (χ4n) is 4.70. The van der Waals surface area contributed by atoms with Crippen molar-refractivity contribution in [3.05, 3.63) is 41.7 Å². The zero-order valence-electron chi connectivity index (χ0n) is 16.6. The summed E-state index contributed by atoms with van der Waals surface area (Å²) in [7, 11) is 0. The molecule has 0 unspecified atom stereocenters. The molecule has 0 radical (unpaired) electrons. The smallest absolute Gasteiger partial charge is 0.303 e. The van der Waals surface area contributed by atoms with Gasteiger partial charge in [-0.1, -0.05) is 11.6 Å². The SMILES string of the molecule is O=C(O)CCCCC1=C[C@@H]2C[C@H](O)[C@@H](C(=O)CCCOc3ccc(F)cc3)[C@@H]2C1. The van der Waals surface area contributed by atoms with E-state index in [9.17, 15) is 19.1 Å². The molecule has 0 saturated heterocycles. The lowest BCUT2D eigenvalue weighted by molar-refractivity contribution is -0.137. The Bertz CT molecular complexity index is 742. The first-order chi connectivity index (χ1) is 13.9. The largest absolute Gasteiger partial charge is 0.494 e. The van der Waals surface area contributed by atoms with E-state index in [1.165, 1.54) is 17.7 Å². The average molecular weight is 404 g/mol. The Labute approximate surface area is 170 Å². The number of ether oxygens (including phenoxy) is 1. The van der Waals surface area contributed by atoms with Crippen molar-refractivity contribution in [1.29, 1.82) is 0 Å². The summed E-state index contributed by atoms with van der Waals surface area (Å²) in [4.78, 5) is 23.4.